The van der Waals surface area contributed by atoms with E-state index in [-0.39, 0.29) is 18.0 Å². The lowest BCUT2D eigenvalue weighted by molar-refractivity contribution is -0.139. The summed E-state index contributed by atoms with van der Waals surface area (Å²) in [6.07, 6.45) is 1.05. The molecule has 1 aromatic heterocycles. The van der Waals surface area contributed by atoms with Gasteiger partial charge in [-0.2, -0.15) is 0 Å². The van der Waals surface area contributed by atoms with Gasteiger partial charge >= 0.3 is 5.97 Å². The molecule has 0 aromatic carbocycles. The molecule has 0 radical (unpaired) electrons. The summed E-state index contributed by atoms with van der Waals surface area (Å²) in [6, 6.07) is 4.06. The molecule has 136 valence electrons. The highest BCUT2D eigenvalue weighted by molar-refractivity contribution is 5.69. The molecule has 4 rings (SSSR count). The van der Waals surface area contributed by atoms with E-state index in [1.807, 2.05) is 15.5 Å². The van der Waals surface area contributed by atoms with Gasteiger partial charge < -0.3 is 14.4 Å². The van der Waals surface area contributed by atoms with Crippen LogP contribution in [-0.2, 0) is 22.6 Å². The van der Waals surface area contributed by atoms with Gasteiger partial charge in [0.05, 0.1) is 19.8 Å². The third-order valence-electron chi connectivity index (χ3n) is 5.62. The minimum absolute atomic E-state index is 0.0896. The average Bonchev–Trinajstić information content (AvgIpc) is 2.58. The van der Waals surface area contributed by atoms with Crippen molar-refractivity contribution < 1.29 is 14.6 Å². The van der Waals surface area contributed by atoms with Crippen molar-refractivity contribution in [1.82, 2.24) is 14.4 Å². The van der Waals surface area contributed by atoms with E-state index in [1.54, 1.807) is 0 Å². The second-order valence-electron chi connectivity index (χ2n) is 7.47. The number of nitrogens with zero attached hydrogens (tertiary/aromatic N) is 3. The van der Waals surface area contributed by atoms with Gasteiger partial charge in [0.15, 0.2) is 0 Å². The first-order valence-corrected chi connectivity index (χ1v) is 9.07. The van der Waals surface area contributed by atoms with Gasteiger partial charge in [0, 0.05) is 56.4 Å². The lowest BCUT2D eigenvalue weighted by Gasteiger charge is -2.42. The number of fused-ring (bicyclic) bond motifs is 4. The first kappa shape index (κ1) is 16.8. The summed E-state index contributed by atoms with van der Waals surface area (Å²) < 4.78 is 7.33. The van der Waals surface area contributed by atoms with Crippen LogP contribution in [0.5, 0.6) is 0 Å². The number of rotatable bonds is 4. The van der Waals surface area contributed by atoms with Gasteiger partial charge in [-0.3, -0.25) is 19.4 Å². The fraction of sp³-hybridized carbons (Fsp3) is 0.667. The minimum Gasteiger partial charge on any atom is -0.480 e. The monoisotopic (exact) mass is 347 g/mol. The van der Waals surface area contributed by atoms with Crippen LogP contribution < -0.4 is 5.56 Å². The predicted molar refractivity (Wildman–Crippen MR) is 91.7 cm³/mol. The SMILES string of the molecule is O=C(O)CN1C[C@@H]2C[C@H](C1)c1ccc(CN3CCOCC3)c(=O)n1C2. The molecule has 2 saturated heterocycles. The van der Waals surface area contributed by atoms with Crippen molar-refractivity contribution in [1.29, 1.82) is 0 Å². The van der Waals surface area contributed by atoms with Crippen LogP contribution in [0.4, 0.5) is 0 Å². The lowest BCUT2D eigenvalue weighted by Crippen LogP contribution is -2.49. The number of aromatic nitrogens is 1. The van der Waals surface area contributed by atoms with Crippen LogP contribution in [0.25, 0.3) is 0 Å². The van der Waals surface area contributed by atoms with Gasteiger partial charge in [0.1, 0.15) is 0 Å². The number of ether oxygens (including phenoxy) is 1. The first-order valence-electron chi connectivity index (χ1n) is 9.07. The Hall–Kier alpha value is -1.70. The van der Waals surface area contributed by atoms with E-state index in [0.29, 0.717) is 19.0 Å². The number of carboxylic acids is 1. The fourth-order valence-electron chi connectivity index (χ4n) is 4.53. The normalized spacial score (nSPS) is 27.0. The molecule has 1 N–H and O–H groups in total. The number of hydrogen-bond acceptors (Lipinski definition) is 5. The van der Waals surface area contributed by atoms with Crippen molar-refractivity contribution in [2.75, 3.05) is 45.9 Å². The maximum atomic E-state index is 13.0. The zero-order valence-electron chi connectivity index (χ0n) is 14.4. The molecular weight excluding hydrogens is 322 g/mol. The molecule has 2 atom stereocenters. The summed E-state index contributed by atoms with van der Waals surface area (Å²) in [6.45, 7) is 6.18. The molecule has 0 unspecified atom stereocenters. The van der Waals surface area contributed by atoms with Crippen LogP contribution in [0, 0.1) is 5.92 Å². The fourth-order valence-corrected chi connectivity index (χ4v) is 4.53. The molecular formula is C18H25N3O4. The zero-order chi connectivity index (χ0) is 17.4. The van der Waals surface area contributed by atoms with Crippen LogP contribution in [0.3, 0.4) is 0 Å². The number of hydrogen-bond donors (Lipinski definition) is 1. The second-order valence-corrected chi connectivity index (χ2v) is 7.47. The number of piperidine rings is 1. The van der Waals surface area contributed by atoms with Crippen LogP contribution in [0.15, 0.2) is 16.9 Å². The smallest absolute Gasteiger partial charge is 0.317 e. The van der Waals surface area contributed by atoms with Gasteiger partial charge in [0.25, 0.3) is 5.56 Å². The number of likely N-dealkylation sites (tertiary alicyclic amines) is 1. The van der Waals surface area contributed by atoms with E-state index in [4.69, 9.17) is 9.84 Å². The standard InChI is InChI=1S/C18H25N3O4/c22-17(23)12-20-8-13-7-15(11-20)16-2-1-14(18(24)21(16)9-13)10-19-3-5-25-6-4-19/h1-2,13,15H,3-12H2,(H,22,23)/t13-,15+/m0/s1. The van der Waals surface area contributed by atoms with Crippen molar-refractivity contribution in [3.63, 3.8) is 0 Å². The molecule has 2 fully saturated rings. The highest BCUT2D eigenvalue weighted by Gasteiger charge is 2.35. The summed E-state index contributed by atoms with van der Waals surface area (Å²) >= 11 is 0. The Labute approximate surface area is 146 Å². The molecule has 0 aliphatic carbocycles. The van der Waals surface area contributed by atoms with Crippen LogP contribution in [0.2, 0.25) is 0 Å². The minimum atomic E-state index is -0.779. The topological polar surface area (TPSA) is 75.0 Å². The molecule has 4 heterocycles. The van der Waals surface area contributed by atoms with E-state index >= 15 is 0 Å². The molecule has 7 heteroatoms. The Balaban J connectivity index is 1.55. The number of carboxylic acid groups (broad SMARTS) is 1. The van der Waals surface area contributed by atoms with E-state index in [1.165, 1.54) is 0 Å². The van der Waals surface area contributed by atoms with E-state index in [2.05, 4.69) is 11.0 Å². The van der Waals surface area contributed by atoms with Crippen molar-refractivity contribution in [3.05, 3.63) is 33.7 Å². The summed E-state index contributed by atoms with van der Waals surface area (Å²) in [4.78, 5) is 28.3. The van der Waals surface area contributed by atoms with Crippen LogP contribution in [0.1, 0.15) is 23.6 Å². The van der Waals surface area contributed by atoms with Crippen molar-refractivity contribution in [2.24, 2.45) is 5.92 Å². The lowest BCUT2D eigenvalue weighted by atomic mass is 9.83. The molecule has 0 spiro atoms. The summed E-state index contributed by atoms with van der Waals surface area (Å²) in [7, 11) is 0. The highest BCUT2D eigenvalue weighted by atomic mass is 16.5. The second kappa shape index (κ2) is 6.90. The summed E-state index contributed by atoms with van der Waals surface area (Å²) in [5.74, 6) is -0.155. The summed E-state index contributed by atoms with van der Waals surface area (Å²) in [5, 5.41) is 9.05. The largest absolute Gasteiger partial charge is 0.480 e. The quantitative estimate of drug-likeness (QED) is 0.838. The van der Waals surface area contributed by atoms with Crippen molar-refractivity contribution >= 4 is 5.97 Å². The molecule has 3 aliphatic heterocycles. The third-order valence-corrected chi connectivity index (χ3v) is 5.62. The first-order chi connectivity index (χ1) is 12.1. The number of morpholine rings is 1. The highest BCUT2D eigenvalue weighted by Crippen LogP contribution is 2.35. The van der Waals surface area contributed by atoms with Crippen molar-refractivity contribution in [3.8, 4) is 0 Å². The van der Waals surface area contributed by atoms with Crippen LogP contribution >= 0.6 is 0 Å². The van der Waals surface area contributed by atoms with Crippen molar-refractivity contribution in [2.45, 2.75) is 25.4 Å². The molecule has 1 aromatic rings. The van der Waals surface area contributed by atoms with E-state index < -0.39 is 5.97 Å². The Morgan fingerprint density at radius 2 is 1.96 bits per heavy atom. The van der Waals surface area contributed by atoms with Crippen LogP contribution in [-0.4, -0.2) is 71.4 Å². The van der Waals surface area contributed by atoms with Gasteiger partial charge in [-0.05, 0) is 18.4 Å². The number of pyridine rings is 1. The molecule has 0 saturated carbocycles. The average molecular weight is 347 g/mol. The molecule has 25 heavy (non-hydrogen) atoms. The molecule has 3 aliphatic rings. The predicted octanol–water partition coefficient (Wildman–Crippen LogP) is 0.184. The maximum Gasteiger partial charge on any atom is 0.317 e. The van der Waals surface area contributed by atoms with E-state index in [9.17, 15) is 9.59 Å². The van der Waals surface area contributed by atoms with Gasteiger partial charge in [-0.25, -0.2) is 0 Å². The van der Waals surface area contributed by atoms with E-state index in [0.717, 1.165) is 57.1 Å². The molecule has 7 nitrogen and oxygen atoms in total. The summed E-state index contributed by atoms with van der Waals surface area (Å²) in [5.41, 5.74) is 2.06. The Morgan fingerprint density at radius 3 is 2.72 bits per heavy atom. The Morgan fingerprint density at radius 1 is 1.16 bits per heavy atom. The number of carbonyl (C=O) groups is 1. The Bertz CT molecular complexity index is 711. The maximum absolute atomic E-state index is 13.0. The van der Waals surface area contributed by atoms with Gasteiger partial charge in [0.2, 0.25) is 0 Å². The zero-order valence-corrected chi connectivity index (χ0v) is 14.4. The third kappa shape index (κ3) is 3.49. The van der Waals surface area contributed by atoms with Gasteiger partial charge in [-0.15, -0.1) is 0 Å². The molecule has 2 bridgehead atoms. The Kier molecular flexibility index (Phi) is 4.62. The van der Waals surface area contributed by atoms with Gasteiger partial charge in [-0.1, -0.05) is 6.07 Å². The molecule has 0 amide bonds. The number of aliphatic carboxylic acids is 1.